The summed E-state index contributed by atoms with van der Waals surface area (Å²) in [7, 11) is 0. The van der Waals surface area contributed by atoms with E-state index in [9.17, 15) is 9.59 Å². The lowest BCUT2D eigenvalue weighted by Gasteiger charge is -2.13. The van der Waals surface area contributed by atoms with Gasteiger partial charge in [-0.15, -0.1) is 0 Å². The van der Waals surface area contributed by atoms with Crippen molar-refractivity contribution in [1.82, 2.24) is 5.32 Å². The van der Waals surface area contributed by atoms with Gasteiger partial charge in [0.05, 0.1) is 12.6 Å². The molecule has 1 aromatic rings. The van der Waals surface area contributed by atoms with Gasteiger partial charge in [-0.05, 0) is 26.3 Å². The zero-order valence-corrected chi connectivity index (χ0v) is 13.9. The number of Topliss-reactive ketones (excluding diaryl/α,β-unsaturated/α-hetero) is 1. The molecular formula is C18H27NO3. The number of ketones is 1. The van der Waals surface area contributed by atoms with Gasteiger partial charge in [0.25, 0.3) is 0 Å². The number of nitrogens with one attached hydrogen (secondary N) is 1. The highest BCUT2D eigenvalue weighted by molar-refractivity contribution is 6.01. The fraction of sp³-hybridized carbons (Fsp3) is 0.556. The molecule has 1 aromatic carbocycles. The van der Waals surface area contributed by atoms with E-state index in [1.165, 1.54) is 19.3 Å². The van der Waals surface area contributed by atoms with Crippen molar-refractivity contribution in [2.45, 2.75) is 58.9 Å². The molecule has 0 fully saturated rings. The van der Waals surface area contributed by atoms with Crippen LogP contribution in [0.5, 0.6) is 0 Å². The minimum Gasteiger partial charge on any atom is -0.450 e. The van der Waals surface area contributed by atoms with E-state index < -0.39 is 12.1 Å². The first kappa shape index (κ1) is 18.2. The van der Waals surface area contributed by atoms with Crippen molar-refractivity contribution in [3.8, 4) is 0 Å². The van der Waals surface area contributed by atoms with Crippen LogP contribution in [0, 0.1) is 6.92 Å². The molecule has 1 atom stereocenters. The Morgan fingerprint density at radius 3 is 2.59 bits per heavy atom. The molecule has 4 heteroatoms. The van der Waals surface area contributed by atoms with E-state index >= 15 is 0 Å². The monoisotopic (exact) mass is 305 g/mol. The maximum absolute atomic E-state index is 12.2. The van der Waals surface area contributed by atoms with Gasteiger partial charge in [0.15, 0.2) is 5.78 Å². The van der Waals surface area contributed by atoms with Crippen molar-refractivity contribution >= 4 is 11.9 Å². The van der Waals surface area contributed by atoms with E-state index in [1.807, 2.05) is 25.1 Å². The van der Waals surface area contributed by atoms with Gasteiger partial charge in [-0.25, -0.2) is 4.79 Å². The minimum absolute atomic E-state index is 0.108. The Balaban J connectivity index is 2.30. The lowest BCUT2D eigenvalue weighted by molar-refractivity contribution is 0.0929. The van der Waals surface area contributed by atoms with Crippen molar-refractivity contribution in [3.05, 3.63) is 35.4 Å². The van der Waals surface area contributed by atoms with E-state index in [-0.39, 0.29) is 5.78 Å². The van der Waals surface area contributed by atoms with Gasteiger partial charge in [-0.3, -0.25) is 4.79 Å². The Labute approximate surface area is 133 Å². The second kappa shape index (κ2) is 9.98. The zero-order chi connectivity index (χ0) is 16.4. The first-order chi connectivity index (χ1) is 10.5. The maximum Gasteiger partial charge on any atom is 0.407 e. The quantitative estimate of drug-likeness (QED) is 0.548. The molecule has 0 bridgehead atoms. The molecule has 122 valence electrons. The Kier molecular flexibility index (Phi) is 8.26. The molecule has 0 aromatic heterocycles. The number of amides is 1. The molecule has 1 unspecified atom stereocenters. The average Bonchev–Trinajstić information content (AvgIpc) is 2.50. The molecule has 0 spiro atoms. The molecule has 0 aliphatic rings. The van der Waals surface area contributed by atoms with Crippen LogP contribution in [0.2, 0.25) is 0 Å². The number of benzene rings is 1. The highest BCUT2D eigenvalue weighted by Crippen LogP contribution is 2.07. The fourth-order valence-corrected chi connectivity index (χ4v) is 2.20. The van der Waals surface area contributed by atoms with E-state index in [0.29, 0.717) is 12.2 Å². The number of carbonyl (C=O) groups excluding carboxylic acids is 2. The third-order valence-electron chi connectivity index (χ3n) is 3.51. The van der Waals surface area contributed by atoms with Crippen LogP contribution in [0.3, 0.4) is 0 Å². The molecule has 0 aliphatic heterocycles. The summed E-state index contributed by atoms with van der Waals surface area (Å²) in [6.07, 6.45) is 4.99. The summed E-state index contributed by atoms with van der Waals surface area (Å²) >= 11 is 0. The summed E-state index contributed by atoms with van der Waals surface area (Å²) in [5.41, 5.74) is 1.63. The van der Waals surface area contributed by atoms with Crippen LogP contribution in [0.4, 0.5) is 4.79 Å². The minimum atomic E-state index is -0.589. The van der Waals surface area contributed by atoms with Gasteiger partial charge >= 0.3 is 6.09 Å². The predicted molar refractivity (Wildman–Crippen MR) is 88.2 cm³/mol. The Hall–Kier alpha value is -1.84. The summed E-state index contributed by atoms with van der Waals surface area (Å²) in [6.45, 7) is 6.17. The number of aryl methyl sites for hydroxylation is 1. The summed E-state index contributed by atoms with van der Waals surface area (Å²) < 4.78 is 5.10. The topological polar surface area (TPSA) is 55.4 Å². The summed E-state index contributed by atoms with van der Waals surface area (Å²) in [5, 5.41) is 2.59. The van der Waals surface area contributed by atoms with Crippen LogP contribution < -0.4 is 5.32 Å². The van der Waals surface area contributed by atoms with Gasteiger partial charge < -0.3 is 10.1 Å². The van der Waals surface area contributed by atoms with Crippen LogP contribution >= 0.6 is 0 Å². The zero-order valence-electron chi connectivity index (χ0n) is 13.9. The van der Waals surface area contributed by atoms with Crippen LogP contribution in [0.25, 0.3) is 0 Å². The van der Waals surface area contributed by atoms with Gasteiger partial charge in [-0.2, -0.15) is 0 Å². The summed E-state index contributed by atoms with van der Waals surface area (Å²) in [4.78, 5) is 23.9. The van der Waals surface area contributed by atoms with Crippen LogP contribution in [0.15, 0.2) is 24.3 Å². The average molecular weight is 305 g/mol. The van der Waals surface area contributed by atoms with Gasteiger partial charge in [0.2, 0.25) is 0 Å². The van der Waals surface area contributed by atoms with Crippen LogP contribution in [0.1, 0.15) is 61.9 Å². The highest BCUT2D eigenvalue weighted by Gasteiger charge is 2.17. The Morgan fingerprint density at radius 2 is 1.91 bits per heavy atom. The van der Waals surface area contributed by atoms with Crippen molar-refractivity contribution in [3.63, 3.8) is 0 Å². The predicted octanol–water partition coefficient (Wildman–Crippen LogP) is 4.26. The molecule has 1 rings (SSSR count). The molecule has 1 amide bonds. The second-order valence-corrected chi connectivity index (χ2v) is 5.65. The van der Waals surface area contributed by atoms with Crippen LogP contribution in [-0.2, 0) is 4.74 Å². The summed E-state index contributed by atoms with van der Waals surface area (Å²) in [5.74, 6) is -0.108. The fourth-order valence-electron chi connectivity index (χ4n) is 2.20. The van der Waals surface area contributed by atoms with E-state index in [0.717, 1.165) is 18.4 Å². The second-order valence-electron chi connectivity index (χ2n) is 5.65. The first-order valence-corrected chi connectivity index (χ1v) is 8.08. The van der Waals surface area contributed by atoms with Gasteiger partial charge in [-0.1, -0.05) is 56.4 Å². The largest absolute Gasteiger partial charge is 0.450 e. The lowest BCUT2D eigenvalue weighted by Crippen LogP contribution is -2.39. The smallest absolute Gasteiger partial charge is 0.407 e. The van der Waals surface area contributed by atoms with E-state index in [2.05, 4.69) is 12.2 Å². The number of unbranched alkanes of at least 4 members (excludes halogenated alkanes) is 4. The number of alkyl carbamates (subject to hydrolysis) is 1. The molecule has 0 saturated heterocycles. The van der Waals surface area contributed by atoms with E-state index in [4.69, 9.17) is 4.74 Å². The van der Waals surface area contributed by atoms with Crippen molar-refractivity contribution < 1.29 is 14.3 Å². The van der Waals surface area contributed by atoms with Crippen molar-refractivity contribution in [2.24, 2.45) is 0 Å². The molecule has 22 heavy (non-hydrogen) atoms. The van der Waals surface area contributed by atoms with E-state index in [1.54, 1.807) is 13.0 Å². The number of rotatable bonds is 9. The summed E-state index contributed by atoms with van der Waals surface area (Å²) in [6, 6.07) is 6.76. The number of ether oxygens (including phenoxy) is 1. The Morgan fingerprint density at radius 1 is 1.18 bits per heavy atom. The standard InChI is InChI=1S/C18H27NO3/c1-4-5-6-7-8-12-22-18(21)19-15(3)17(20)16-11-9-10-14(2)13-16/h9-11,13,15H,4-8,12H2,1-3H3,(H,19,21). The molecular weight excluding hydrogens is 278 g/mol. The van der Waals surface area contributed by atoms with Crippen molar-refractivity contribution in [1.29, 1.82) is 0 Å². The maximum atomic E-state index is 12.2. The number of carbonyl (C=O) groups is 2. The molecule has 4 nitrogen and oxygen atoms in total. The Bertz CT molecular complexity index is 485. The molecule has 0 aliphatic carbocycles. The normalized spacial score (nSPS) is 11.8. The van der Waals surface area contributed by atoms with Crippen LogP contribution in [-0.4, -0.2) is 24.5 Å². The number of hydrogen-bond acceptors (Lipinski definition) is 3. The molecule has 0 saturated carbocycles. The third-order valence-corrected chi connectivity index (χ3v) is 3.51. The molecule has 1 N–H and O–H groups in total. The first-order valence-electron chi connectivity index (χ1n) is 8.08. The molecule has 0 heterocycles. The molecule has 0 radical (unpaired) electrons. The van der Waals surface area contributed by atoms with Gasteiger partial charge in [0.1, 0.15) is 0 Å². The number of hydrogen-bond donors (Lipinski definition) is 1. The van der Waals surface area contributed by atoms with Crippen molar-refractivity contribution in [2.75, 3.05) is 6.61 Å². The SMILES string of the molecule is CCCCCCCOC(=O)NC(C)C(=O)c1cccc(C)c1. The lowest BCUT2D eigenvalue weighted by atomic mass is 10.0. The highest BCUT2D eigenvalue weighted by atomic mass is 16.5. The third kappa shape index (κ3) is 6.74. The van der Waals surface area contributed by atoms with Gasteiger partial charge in [0, 0.05) is 5.56 Å².